The third-order valence-electron chi connectivity index (χ3n) is 2.70. The molecular weight excluding hydrogens is 364 g/mol. The van der Waals surface area contributed by atoms with Gasteiger partial charge in [0.25, 0.3) is 5.88 Å². The van der Waals surface area contributed by atoms with Crippen molar-refractivity contribution in [1.82, 2.24) is 10.2 Å². The van der Waals surface area contributed by atoms with Crippen LogP contribution in [0.15, 0.2) is 39.3 Å². The van der Waals surface area contributed by atoms with Crippen LogP contribution in [-0.2, 0) is 9.63 Å². The summed E-state index contributed by atoms with van der Waals surface area (Å²) in [6.45, 7) is 6.11. The van der Waals surface area contributed by atoms with Crippen LogP contribution in [-0.4, -0.2) is 35.4 Å². The first-order valence-corrected chi connectivity index (χ1v) is 7.94. The average molecular weight is 383 g/mol. The number of carbonyl (C=O) groups is 1. The molecule has 1 aromatic carbocycles. The Morgan fingerprint density at radius 1 is 1.30 bits per heavy atom. The largest absolute Gasteiger partial charge is 0.473 e. The molecule has 2 rings (SSSR count). The van der Waals surface area contributed by atoms with Crippen LogP contribution in [0.25, 0.3) is 11.3 Å². The van der Waals surface area contributed by atoms with Crippen LogP contribution < -0.4 is 4.74 Å². The fourth-order valence-corrected chi connectivity index (χ4v) is 2.32. The lowest BCUT2D eigenvalue weighted by molar-refractivity contribution is -0.217. The van der Waals surface area contributed by atoms with Crippen molar-refractivity contribution in [2.75, 3.05) is 13.2 Å². The van der Waals surface area contributed by atoms with Crippen LogP contribution in [0.1, 0.15) is 20.8 Å². The Labute approximate surface area is 143 Å². The van der Waals surface area contributed by atoms with Crippen LogP contribution in [0, 0.1) is 0 Å². The molecule has 0 fully saturated rings. The zero-order valence-electron chi connectivity index (χ0n) is 13.3. The van der Waals surface area contributed by atoms with E-state index >= 15 is 0 Å². The first-order valence-electron chi connectivity index (χ1n) is 7.15. The molecule has 1 amide bonds. The summed E-state index contributed by atoms with van der Waals surface area (Å²) in [5, 5.41) is 5.10. The number of nitrogens with zero attached hydrogens (tertiary/aromatic N) is 2. The second kappa shape index (κ2) is 7.61. The van der Waals surface area contributed by atoms with Crippen LogP contribution in [0.2, 0.25) is 0 Å². The van der Waals surface area contributed by atoms with Crippen molar-refractivity contribution in [2.24, 2.45) is 0 Å². The van der Waals surface area contributed by atoms with Crippen LogP contribution >= 0.6 is 15.9 Å². The number of hydrogen-bond acceptors (Lipinski definition) is 5. The molecule has 0 aliphatic rings. The topological polar surface area (TPSA) is 64.8 Å². The molecular formula is C16H19BrN2O4. The fraction of sp³-hybridized carbons (Fsp3) is 0.375. The smallest absolute Gasteiger partial charge is 0.269 e. The summed E-state index contributed by atoms with van der Waals surface area (Å²) in [4.78, 5) is 16.4. The second-order valence-electron chi connectivity index (χ2n) is 5.80. The molecule has 0 saturated carbocycles. The lowest BCUT2D eigenvalue weighted by atomic mass is 10.2. The maximum absolute atomic E-state index is 11.0. The first-order chi connectivity index (χ1) is 10.9. The molecule has 0 radical (unpaired) electrons. The summed E-state index contributed by atoms with van der Waals surface area (Å²) in [7, 11) is 0. The molecule has 0 unspecified atom stereocenters. The van der Waals surface area contributed by atoms with Gasteiger partial charge in [-0.25, -0.2) is 5.06 Å². The second-order valence-corrected chi connectivity index (χ2v) is 6.59. The van der Waals surface area contributed by atoms with Crippen LogP contribution in [0.3, 0.4) is 0 Å². The Hall–Kier alpha value is -1.86. The number of amides is 1. The van der Waals surface area contributed by atoms with Gasteiger partial charge < -0.3 is 9.26 Å². The summed E-state index contributed by atoms with van der Waals surface area (Å²) in [5.41, 5.74) is 0.447. The predicted molar refractivity (Wildman–Crippen MR) is 88.7 cm³/mol. The van der Waals surface area contributed by atoms with E-state index in [9.17, 15) is 4.79 Å². The number of carbonyl (C=O) groups excluding carboxylic acids is 1. The van der Waals surface area contributed by atoms with E-state index in [0.29, 0.717) is 22.5 Å². The molecule has 124 valence electrons. The summed E-state index contributed by atoms with van der Waals surface area (Å²) in [5.74, 6) is 0.934. The quantitative estimate of drug-likeness (QED) is 0.539. The van der Waals surface area contributed by atoms with Gasteiger partial charge in [-0.2, -0.15) is 0 Å². The van der Waals surface area contributed by atoms with E-state index in [0.717, 1.165) is 5.56 Å². The van der Waals surface area contributed by atoms with Crippen molar-refractivity contribution >= 4 is 22.3 Å². The van der Waals surface area contributed by atoms with Gasteiger partial charge in [0.2, 0.25) is 6.41 Å². The molecule has 23 heavy (non-hydrogen) atoms. The molecule has 0 saturated heterocycles. The minimum Gasteiger partial charge on any atom is -0.473 e. The Morgan fingerprint density at radius 3 is 2.61 bits per heavy atom. The standard InChI is InChI=1S/C16H19BrN2O4/c1-16(2,3)23-19(11-20)9-10-21-15-13(17)14(22-18-15)12-7-5-4-6-8-12/h4-8,11H,9-10H2,1-3H3. The Morgan fingerprint density at radius 2 is 2.00 bits per heavy atom. The summed E-state index contributed by atoms with van der Waals surface area (Å²) >= 11 is 3.43. The zero-order chi connectivity index (χ0) is 16.9. The third-order valence-corrected chi connectivity index (χ3v) is 3.40. The first kappa shape index (κ1) is 17.5. The number of benzene rings is 1. The summed E-state index contributed by atoms with van der Waals surface area (Å²) in [6, 6.07) is 9.59. The van der Waals surface area contributed by atoms with Crippen molar-refractivity contribution in [2.45, 2.75) is 26.4 Å². The minimum atomic E-state index is -0.449. The number of rotatable bonds is 7. The molecule has 0 aliphatic heterocycles. The van der Waals surface area contributed by atoms with Gasteiger partial charge in [-0.05, 0) is 41.9 Å². The third kappa shape index (κ3) is 5.07. The van der Waals surface area contributed by atoms with E-state index in [2.05, 4.69) is 21.1 Å². The molecule has 0 aliphatic carbocycles. The van der Waals surface area contributed by atoms with Crippen LogP contribution in [0.5, 0.6) is 5.88 Å². The number of hydroxylamine groups is 2. The van der Waals surface area contributed by atoms with Gasteiger partial charge in [-0.15, -0.1) is 0 Å². The predicted octanol–water partition coefficient (Wildman–Crippen LogP) is 3.67. The van der Waals surface area contributed by atoms with E-state index in [1.807, 2.05) is 51.1 Å². The van der Waals surface area contributed by atoms with Gasteiger partial charge in [0.1, 0.15) is 11.1 Å². The van der Waals surface area contributed by atoms with Gasteiger partial charge in [0.15, 0.2) is 5.76 Å². The van der Waals surface area contributed by atoms with Gasteiger partial charge in [0, 0.05) is 5.56 Å². The number of aromatic nitrogens is 1. The maximum atomic E-state index is 11.0. The van der Waals surface area contributed by atoms with Crippen molar-refractivity contribution in [3.05, 3.63) is 34.8 Å². The van der Waals surface area contributed by atoms with Gasteiger partial charge >= 0.3 is 0 Å². The molecule has 0 bridgehead atoms. The van der Waals surface area contributed by atoms with Gasteiger partial charge in [0.05, 0.1) is 12.1 Å². The minimum absolute atomic E-state index is 0.230. The van der Waals surface area contributed by atoms with Crippen molar-refractivity contribution in [3.63, 3.8) is 0 Å². The monoisotopic (exact) mass is 382 g/mol. The Kier molecular flexibility index (Phi) is 5.79. The van der Waals surface area contributed by atoms with E-state index in [1.165, 1.54) is 5.06 Å². The fourth-order valence-electron chi connectivity index (χ4n) is 1.83. The molecule has 1 aromatic heterocycles. The molecule has 0 atom stereocenters. The molecule has 6 nitrogen and oxygen atoms in total. The lowest BCUT2D eigenvalue weighted by Crippen LogP contribution is -2.35. The maximum Gasteiger partial charge on any atom is 0.269 e. The average Bonchev–Trinajstić information content (AvgIpc) is 2.87. The summed E-state index contributed by atoms with van der Waals surface area (Å²) in [6.07, 6.45) is 0.627. The van der Waals surface area contributed by atoms with E-state index in [-0.39, 0.29) is 13.2 Å². The molecule has 7 heteroatoms. The van der Waals surface area contributed by atoms with Crippen LogP contribution in [0.4, 0.5) is 0 Å². The number of halogens is 1. The van der Waals surface area contributed by atoms with E-state index in [4.69, 9.17) is 14.1 Å². The lowest BCUT2D eigenvalue weighted by Gasteiger charge is -2.26. The highest BCUT2D eigenvalue weighted by Gasteiger charge is 2.18. The van der Waals surface area contributed by atoms with E-state index < -0.39 is 5.60 Å². The normalized spacial score (nSPS) is 11.3. The van der Waals surface area contributed by atoms with Gasteiger partial charge in [-0.1, -0.05) is 30.3 Å². The number of hydrogen-bond donors (Lipinski definition) is 0. The Bertz CT molecular complexity index is 637. The van der Waals surface area contributed by atoms with Crippen molar-refractivity contribution in [3.8, 4) is 17.2 Å². The van der Waals surface area contributed by atoms with Crippen molar-refractivity contribution < 1.29 is 18.9 Å². The molecule has 1 heterocycles. The molecule has 2 aromatic rings. The zero-order valence-corrected chi connectivity index (χ0v) is 14.9. The van der Waals surface area contributed by atoms with Gasteiger partial charge in [-0.3, -0.25) is 9.63 Å². The van der Waals surface area contributed by atoms with Crippen molar-refractivity contribution in [1.29, 1.82) is 0 Å². The number of ether oxygens (including phenoxy) is 1. The summed E-state index contributed by atoms with van der Waals surface area (Å²) < 4.78 is 11.5. The highest BCUT2D eigenvalue weighted by molar-refractivity contribution is 9.10. The molecule has 0 N–H and O–H groups in total. The molecule has 0 spiro atoms. The Balaban J connectivity index is 1.94. The van der Waals surface area contributed by atoms with E-state index in [1.54, 1.807) is 0 Å². The highest BCUT2D eigenvalue weighted by atomic mass is 79.9. The SMILES string of the molecule is CC(C)(C)ON(C=O)CCOc1noc(-c2ccccc2)c1Br. The highest BCUT2D eigenvalue weighted by Crippen LogP contribution is 2.35.